The van der Waals surface area contributed by atoms with Gasteiger partial charge in [0.15, 0.2) is 17.0 Å². The van der Waals surface area contributed by atoms with Crippen molar-refractivity contribution in [2.75, 3.05) is 18.9 Å². The largest absolute Gasteiger partial charge is 0.463 e. The van der Waals surface area contributed by atoms with Gasteiger partial charge in [0.1, 0.15) is 6.23 Å². The zero-order valence-electron chi connectivity index (χ0n) is 13.2. The van der Waals surface area contributed by atoms with Crippen molar-refractivity contribution in [2.24, 2.45) is 5.92 Å². The summed E-state index contributed by atoms with van der Waals surface area (Å²) in [7, 11) is 0. The van der Waals surface area contributed by atoms with Gasteiger partial charge in [0.25, 0.3) is 0 Å². The van der Waals surface area contributed by atoms with Gasteiger partial charge in [-0.15, -0.1) is 0 Å². The molecule has 1 aliphatic heterocycles. The Labute approximate surface area is 129 Å². The van der Waals surface area contributed by atoms with Gasteiger partial charge < -0.3 is 15.2 Å². The molecule has 1 unspecified atom stereocenters. The van der Waals surface area contributed by atoms with Crippen LogP contribution in [-0.4, -0.2) is 32.7 Å². The average Bonchev–Trinajstić information content (AvgIpc) is 2.92. The van der Waals surface area contributed by atoms with Crippen molar-refractivity contribution in [1.82, 2.24) is 19.5 Å². The Morgan fingerprint density at radius 2 is 2.27 bits per heavy atom. The summed E-state index contributed by atoms with van der Waals surface area (Å²) in [5.74, 6) is 0.918. The predicted molar refractivity (Wildman–Crippen MR) is 83.5 cm³/mol. The van der Waals surface area contributed by atoms with Crippen LogP contribution in [0.5, 0.6) is 6.01 Å². The molecular formula is C15H23N5O2. The van der Waals surface area contributed by atoms with Crippen molar-refractivity contribution in [2.45, 2.75) is 45.8 Å². The van der Waals surface area contributed by atoms with Crippen LogP contribution < -0.4 is 10.5 Å². The fraction of sp³-hybridized carbons (Fsp3) is 0.667. The standard InChI is InChI=1S/C15H23N5O2/c1-10(2)6-8-22-15-18-13(16)12-14(19-15)20(9-17-12)11-5-3-4-7-21-11/h9-11H,3-8H2,1-2H3,(H2,16,18,19). The normalized spacial score (nSPS) is 19.0. The van der Waals surface area contributed by atoms with Crippen molar-refractivity contribution in [1.29, 1.82) is 0 Å². The highest BCUT2D eigenvalue weighted by Crippen LogP contribution is 2.27. The number of hydrogen-bond donors (Lipinski definition) is 1. The highest BCUT2D eigenvalue weighted by molar-refractivity contribution is 5.81. The van der Waals surface area contributed by atoms with Gasteiger partial charge in [-0.1, -0.05) is 13.8 Å². The van der Waals surface area contributed by atoms with E-state index in [0.717, 1.165) is 32.3 Å². The molecular weight excluding hydrogens is 282 g/mol. The molecule has 3 rings (SSSR count). The summed E-state index contributed by atoms with van der Waals surface area (Å²) < 4.78 is 13.4. The molecule has 2 aromatic rings. The number of ether oxygens (including phenoxy) is 2. The van der Waals surface area contributed by atoms with Crippen LogP contribution in [-0.2, 0) is 4.74 Å². The zero-order valence-corrected chi connectivity index (χ0v) is 13.2. The van der Waals surface area contributed by atoms with Crippen molar-refractivity contribution < 1.29 is 9.47 Å². The quantitative estimate of drug-likeness (QED) is 0.913. The first-order valence-corrected chi connectivity index (χ1v) is 7.89. The van der Waals surface area contributed by atoms with E-state index in [9.17, 15) is 0 Å². The maximum atomic E-state index is 5.98. The molecule has 7 heteroatoms. The summed E-state index contributed by atoms with van der Waals surface area (Å²) in [4.78, 5) is 13.0. The summed E-state index contributed by atoms with van der Waals surface area (Å²) in [5.41, 5.74) is 7.27. The number of fused-ring (bicyclic) bond motifs is 1. The lowest BCUT2D eigenvalue weighted by molar-refractivity contribution is -0.0298. The molecule has 0 spiro atoms. The van der Waals surface area contributed by atoms with Crippen LogP contribution >= 0.6 is 0 Å². The minimum atomic E-state index is -0.0310. The smallest absolute Gasteiger partial charge is 0.320 e. The van der Waals surface area contributed by atoms with E-state index in [2.05, 4.69) is 28.8 Å². The zero-order chi connectivity index (χ0) is 15.5. The molecule has 0 bridgehead atoms. The van der Waals surface area contributed by atoms with E-state index in [0.29, 0.717) is 35.5 Å². The molecule has 120 valence electrons. The fourth-order valence-corrected chi connectivity index (χ4v) is 2.52. The molecule has 1 atom stereocenters. The van der Waals surface area contributed by atoms with Crippen LogP contribution in [0.15, 0.2) is 6.33 Å². The fourth-order valence-electron chi connectivity index (χ4n) is 2.52. The molecule has 0 aliphatic carbocycles. The Morgan fingerprint density at radius 1 is 1.41 bits per heavy atom. The lowest BCUT2D eigenvalue weighted by Gasteiger charge is -2.23. The van der Waals surface area contributed by atoms with Crippen LogP contribution in [0.2, 0.25) is 0 Å². The van der Waals surface area contributed by atoms with Crippen molar-refractivity contribution in [3.63, 3.8) is 0 Å². The van der Waals surface area contributed by atoms with Gasteiger partial charge in [0, 0.05) is 6.61 Å². The summed E-state index contributed by atoms with van der Waals surface area (Å²) in [5, 5.41) is 0. The first-order chi connectivity index (χ1) is 10.6. The molecule has 7 nitrogen and oxygen atoms in total. The molecule has 1 aliphatic rings. The number of rotatable bonds is 5. The molecule has 1 fully saturated rings. The van der Waals surface area contributed by atoms with E-state index in [1.165, 1.54) is 0 Å². The number of nitrogen functional groups attached to an aromatic ring is 1. The number of nitrogens with zero attached hydrogens (tertiary/aromatic N) is 4. The Kier molecular flexibility index (Phi) is 4.42. The number of hydrogen-bond acceptors (Lipinski definition) is 6. The summed E-state index contributed by atoms with van der Waals surface area (Å²) in [6.45, 7) is 5.65. The molecule has 2 aromatic heterocycles. The van der Waals surface area contributed by atoms with E-state index in [1.807, 2.05) is 4.57 Å². The van der Waals surface area contributed by atoms with Crippen molar-refractivity contribution in [3.05, 3.63) is 6.33 Å². The van der Waals surface area contributed by atoms with E-state index in [4.69, 9.17) is 15.2 Å². The topological polar surface area (TPSA) is 88.1 Å². The van der Waals surface area contributed by atoms with Gasteiger partial charge in [-0.05, 0) is 31.6 Å². The van der Waals surface area contributed by atoms with E-state index < -0.39 is 0 Å². The SMILES string of the molecule is CC(C)CCOc1nc(N)c2ncn(C3CCCCO3)c2n1. The van der Waals surface area contributed by atoms with Crippen LogP contribution in [0.3, 0.4) is 0 Å². The summed E-state index contributed by atoms with van der Waals surface area (Å²) >= 11 is 0. The monoisotopic (exact) mass is 305 g/mol. The Balaban J connectivity index is 1.86. The first kappa shape index (κ1) is 15.0. The molecule has 1 saturated heterocycles. The maximum absolute atomic E-state index is 5.98. The molecule has 3 heterocycles. The molecule has 2 N–H and O–H groups in total. The highest BCUT2D eigenvalue weighted by atomic mass is 16.5. The van der Waals surface area contributed by atoms with Gasteiger partial charge in [0.2, 0.25) is 0 Å². The second-order valence-corrected chi connectivity index (χ2v) is 6.07. The second-order valence-electron chi connectivity index (χ2n) is 6.07. The highest BCUT2D eigenvalue weighted by Gasteiger charge is 2.20. The molecule has 0 radical (unpaired) electrons. The van der Waals surface area contributed by atoms with Gasteiger partial charge in [0.05, 0.1) is 12.9 Å². The summed E-state index contributed by atoms with van der Waals surface area (Å²) in [6.07, 6.45) is 5.85. The van der Waals surface area contributed by atoms with E-state index >= 15 is 0 Å². The van der Waals surface area contributed by atoms with Gasteiger partial charge in [-0.25, -0.2) is 4.98 Å². The average molecular weight is 305 g/mol. The third kappa shape index (κ3) is 3.14. The third-order valence-electron chi connectivity index (χ3n) is 3.82. The summed E-state index contributed by atoms with van der Waals surface area (Å²) in [6, 6.07) is 0.309. The van der Waals surface area contributed by atoms with E-state index in [1.54, 1.807) is 6.33 Å². The first-order valence-electron chi connectivity index (χ1n) is 7.89. The number of aromatic nitrogens is 4. The van der Waals surface area contributed by atoms with Crippen molar-refractivity contribution >= 4 is 17.0 Å². The van der Waals surface area contributed by atoms with Crippen LogP contribution in [0.4, 0.5) is 5.82 Å². The van der Waals surface area contributed by atoms with Crippen LogP contribution in [0, 0.1) is 5.92 Å². The predicted octanol–water partition coefficient (Wildman–Crippen LogP) is 2.53. The number of imidazole rings is 1. The van der Waals surface area contributed by atoms with Gasteiger partial charge in [-0.2, -0.15) is 9.97 Å². The number of anilines is 1. The van der Waals surface area contributed by atoms with Crippen LogP contribution in [0.25, 0.3) is 11.2 Å². The van der Waals surface area contributed by atoms with Crippen LogP contribution in [0.1, 0.15) is 45.8 Å². The minimum absolute atomic E-state index is 0.0310. The second kappa shape index (κ2) is 6.48. The Morgan fingerprint density at radius 3 is 3.00 bits per heavy atom. The molecule has 0 aromatic carbocycles. The van der Waals surface area contributed by atoms with E-state index in [-0.39, 0.29) is 6.23 Å². The Bertz CT molecular complexity index is 634. The van der Waals surface area contributed by atoms with Gasteiger partial charge >= 0.3 is 6.01 Å². The van der Waals surface area contributed by atoms with Gasteiger partial charge in [-0.3, -0.25) is 4.57 Å². The number of nitrogens with two attached hydrogens (primary N) is 1. The molecule has 0 amide bonds. The van der Waals surface area contributed by atoms with Crippen molar-refractivity contribution in [3.8, 4) is 6.01 Å². The maximum Gasteiger partial charge on any atom is 0.320 e. The molecule has 22 heavy (non-hydrogen) atoms. The molecule has 0 saturated carbocycles. The third-order valence-corrected chi connectivity index (χ3v) is 3.82. The minimum Gasteiger partial charge on any atom is -0.463 e. The lowest BCUT2D eigenvalue weighted by atomic mass is 10.1. The Hall–Kier alpha value is -1.89. The lowest BCUT2D eigenvalue weighted by Crippen LogP contribution is -2.18.